The summed E-state index contributed by atoms with van der Waals surface area (Å²) < 4.78 is 40.8. The van der Waals surface area contributed by atoms with Crippen molar-refractivity contribution < 1.29 is 18.1 Å². The van der Waals surface area contributed by atoms with E-state index in [1.807, 2.05) is 60.7 Å². The average Bonchev–Trinajstić information content (AvgIpc) is 3.16. The molecule has 6 nitrogen and oxygen atoms in total. The summed E-state index contributed by atoms with van der Waals surface area (Å²) in [5, 5.41) is 20.2. The largest absolute Gasteiger partial charge is 0.416 e. The molecular weight excluding hydrogens is 441 g/mol. The molecule has 1 heterocycles. The Morgan fingerprint density at radius 1 is 0.938 bits per heavy atom. The van der Waals surface area contributed by atoms with E-state index in [-0.39, 0.29) is 4.90 Å². The van der Waals surface area contributed by atoms with Gasteiger partial charge in [0, 0.05) is 18.2 Å². The molecular formula is C22H15F3N4O2S. The monoisotopic (exact) mass is 456 g/mol. The molecule has 0 aliphatic heterocycles. The van der Waals surface area contributed by atoms with Crippen molar-refractivity contribution >= 4 is 17.4 Å². The fourth-order valence-corrected chi connectivity index (χ4v) is 4.07. The van der Waals surface area contributed by atoms with Gasteiger partial charge in [-0.2, -0.15) is 13.2 Å². The number of alkyl halides is 3. The van der Waals surface area contributed by atoms with E-state index < -0.39 is 22.4 Å². The molecule has 0 bridgehead atoms. The van der Waals surface area contributed by atoms with Gasteiger partial charge in [0.05, 0.1) is 15.4 Å². The van der Waals surface area contributed by atoms with Crippen molar-refractivity contribution in [1.29, 1.82) is 0 Å². The number of nitro groups is 1. The van der Waals surface area contributed by atoms with Crippen LogP contribution in [0.15, 0.2) is 88.9 Å². The number of nitro benzene ring substituents is 1. The molecule has 0 atom stereocenters. The Balaban J connectivity index is 1.77. The summed E-state index contributed by atoms with van der Waals surface area (Å²) in [6.07, 6.45) is -4.22. The molecule has 162 valence electrons. The molecule has 0 spiro atoms. The van der Waals surface area contributed by atoms with Crippen molar-refractivity contribution in [2.45, 2.75) is 22.6 Å². The van der Waals surface area contributed by atoms with Gasteiger partial charge in [-0.25, -0.2) is 0 Å². The molecule has 4 rings (SSSR count). The van der Waals surface area contributed by atoms with E-state index in [2.05, 4.69) is 10.2 Å². The normalized spacial score (nSPS) is 11.5. The standard InChI is InChI=1S/C22H15F3N4O2S/c23-22(24,25)16-11-12-19(18(14-16)29(30)31)32-21-27-26-20(13-15-7-3-1-4-8-15)28(21)17-9-5-2-6-10-17/h1-12,14H,13H2. The van der Waals surface area contributed by atoms with Crippen molar-refractivity contribution in [2.75, 3.05) is 0 Å². The zero-order valence-electron chi connectivity index (χ0n) is 16.4. The maximum atomic E-state index is 13.0. The maximum absolute atomic E-state index is 13.0. The molecule has 0 amide bonds. The molecule has 0 aliphatic carbocycles. The Bertz CT molecular complexity index is 1250. The summed E-state index contributed by atoms with van der Waals surface area (Å²) >= 11 is 0.895. The first-order valence-electron chi connectivity index (χ1n) is 9.40. The second-order valence-corrected chi connectivity index (χ2v) is 7.78. The first-order chi connectivity index (χ1) is 15.3. The highest BCUT2D eigenvalue weighted by Crippen LogP contribution is 2.39. The lowest BCUT2D eigenvalue weighted by Crippen LogP contribution is -2.06. The second kappa shape index (κ2) is 8.83. The molecule has 0 unspecified atom stereocenters. The van der Waals surface area contributed by atoms with Gasteiger partial charge in [-0.15, -0.1) is 10.2 Å². The number of rotatable bonds is 6. The topological polar surface area (TPSA) is 73.8 Å². The quantitative estimate of drug-likeness (QED) is 0.265. The molecule has 0 aliphatic rings. The summed E-state index contributed by atoms with van der Waals surface area (Å²) in [4.78, 5) is 10.7. The van der Waals surface area contributed by atoms with Gasteiger partial charge in [-0.1, -0.05) is 48.5 Å². The predicted molar refractivity (Wildman–Crippen MR) is 113 cm³/mol. The van der Waals surface area contributed by atoms with Gasteiger partial charge < -0.3 is 0 Å². The molecule has 0 radical (unpaired) electrons. The van der Waals surface area contributed by atoms with Gasteiger partial charge in [0.25, 0.3) is 5.69 Å². The van der Waals surface area contributed by atoms with Crippen molar-refractivity contribution in [2.24, 2.45) is 0 Å². The lowest BCUT2D eigenvalue weighted by atomic mass is 10.1. The number of para-hydroxylation sites is 1. The highest BCUT2D eigenvalue weighted by atomic mass is 32.2. The molecule has 10 heteroatoms. The van der Waals surface area contributed by atoms with Crippen LogP contribution in [0.1, 0.15) is 17.0 Å². The van der Waals surface area contributed by atoms with E-state index in [0.29, 0.717) is 23.5 Å². The van der Waals surface area contributed by atoms with Crippen molar-refractivity contribution in [3.8, 4) is 5.69 Å². The van der Waals surface area contributed by atoms with Crippen LogP contribution in [-0.2, 0) is 12.6 Å². The Morgan fingerprint density at radius 2 is 1.59 bits per heavy atom. The Hall–Kier alpha value is -3.66. The first kappa shape index (κ1) is 21.6. The SMILES string of the molecule is O=[N+]([O-])c1cc(C(F)(F)F)ccc1Sc1nnc(Cc2ccccc2)n1-c1ccccc1. The van der Waals surface area contributed by atoms with Gasteiger partial charge in [0.1, 0.15) is 5.82 Å². The summed E-state index contributed by atoms with van der Waals surface area (Å²) in [6.45, 7) is 0. The lowest BCUT2D eigenvalue weighted by Gasteiger charge is -2.11. The Kier molecular flexibility index (Phi) is 5.95. The van der Waals surface area contributed by atoms with E-state index in [9.17, 15) is 23.3 Å². The highest BCUT2D eigenvalue weighted by molar-refractivity contribution is 7.99. The summed E-state index contributed by atoms with van der Waals surface area (Å²) in [5.41, 5.74) is 0.00882. The van der Waals surface area contributed by atoms with Crippen LogP contribution >= 0.6 is 11.8 Å². The molecule has 3 aromatic carbocycles. The number of hydrogen-bond acceptors (Lipinski definition) is 5. The van der Waals surface area contributed by atoms with Gasteiger partial charge in [-0.05, 0) is 41.6 Å². The molecule has 4 aromatic rings. The van der Waals surface area contributed by atoms with E-state index in [1.54, 1.807) is 4.57 Å². The highest BCUT2D eigenvalue weighted by Gasteiger charge is 2.33. The number of aromatic nitrogens is 3. The minimum absolute atomic E-state index is 0.0406. The third-order valence-corrected chi connectivity index (χ3v) is 5.62. The fourth-order valence-electron chi connectivity index (χ4n) is 3.12. The van der Waals surface area contributed by atoms with Crippen LogP contribution in [0.25, 0.3) is 5.69 Å². The van der Waals surface area contributed by atoms with Crippen molar-refractivity contribution in [1.82, 2.24) is 14.8 Å². The summed E-state index contributed by atoms with van der Waals surface area (Å²) in [7, 11) is 0. The number of nitrogens with zero attached hydrogens (tertiary/aromatic N) is 4. The van der Waals surface area contributed by atoms with Crippen LogP contribution < -0.4 is 0 Å². The van der Waals surface area contributed by atoms with E-state index in [0.717, 1.165) is 35.1 Å². The van der Waals surface area contributed by atoms with Crippen LogP contribution in [0.4, 0.5) is 18.9 Å². The number of halogens is 3. The summed E-state index contributed by atoms with van der Waals surface area (Å²) in [6, 6.07) is 21.2. The molecule has 0 fully saturated rings. The maximum Gasteiger partial charge on any atom is 0.416 e. The van der Waals surface area contributed by atoms with E-state index in [4.69, 9.17) is 0 Å². The number of benzene rings is 3. The minimum atomic E-state index is -4.68. The zero-order chi connectivity index (χ0) is 22.7. The van der Waals surface area contributed by atoms with Crippen molar-refractivity contribution in [3.05, 3.63) is 106 Å². The van der Waals surface area contributed by atoms with Crippen LogP contribution in [0.5, 0.6) is 0 Å². The molecule has 0 N–H and O–H groups in total. The molecule has 32 heavy (non-hydrogen) atoms. The van der Waals surface area contributed by atoms with E-state index >= 15 is 0 Å². The smallest absolute Gasteiger partial charge is 0.273 e. The Morgan fingerprint density at radius 3 is 2.22 bits per heavy atom. The fraction of sp³-hybridized carbons (Fsp3) is 0.0909. The minimum Gasteiger partial charge on any atom is -0.273 e. The van der Waals surface area contributed by atoms with Gasteiger partial charge in [0.15, 0.2) is 0 Å². The van der Waals surface area contributed by atoms with Crippen molar-refractivity contribution in [3.63, 3.8) is 0 Å². The first-order valence-corrected chi connectivity index (χ1v) is 10.2. The molecule has 0 saturated heterocycles. The third kappa shape index (κ3) is 4.65. The molecule has 0 saturated carbocycles. The number of hydrogen-bond donors (Lipinski definition) is 0. The second-order valence-electron chi connectivity index (χ2n) is 6.77. The third-order valence-electron chi connectivity index (χ3n) is 4.60. The predicted octanol–water partition coefficient (Wildman–Crippen LogP) is 5.94. The van der Waals surface area contributed by atoms with Gasteiger partial charge in [0.2, 0.25) is 5.16 Å². The van der Waals surface area contributed by atoms with Crippen LogP contribution in [0, 0.1) is 10.1 Å². The van der Waals surface area contributed by atoms with Gasteiger partial charge in [-0.3, -0.25) is 14.7 Å². The lowest BCUT2D eigenvalue weighted by molar-refractivity contribution is -0.388. The van der Waals surface area contributed by atoms with Crippen LogP contribution in [0.2, 0.25) is 0 Å². The van der Waals surface area contributed by atoms with Crippen LogP contribution in [0.3, 0.4) is 0 Å². The Labute approximate surface area is 184 Å². The molecule has 1 aromatic heterocycles. The average molecular weight is 456 g/mol. The summed E-state index contributed by atoms with van der Waals surface area (Å²) in [5.74, 6) is 0.597. The zero-order valence-corrected chi connectivity index (χ0v) is 17.2. The van der Waals surface area contributed by atoms with E-state index in [1.165, 1.54) is 0 Å². The van der Waals surface area contributed by atoms with Gasteiger partial charge >= 0.3 is 6.18 Å². The van der Waals surface area contributed by atoms with Crippen LogP contribution in [-0.4, -0.2) is 19.7 Å².